The van der Waals surface area contributed by atoms with E-state index in [-0.39, 0.29) is 17.7 Å². The number of carbonyl (C=O) groups is 2. The van der Waals surface area contributed by atoms with E-state index in [1.165, 1.54) is 30.6 Å². The molecule has 0 spiro atoms. The lowest BCUT2D eigenvalue weighted by Crippen LogP contribution is -2.36. The number of fused-ring (bicyclic) bond motifs is 1. The molecule has 2 saturated heterocycles. The van der Waals surface area contributed by atoms with Crippen molar-refractivity contribution in [1.82, 2.24) is 15.1 Å². The highest BCUT2D eigenvalue weighted by Crippen LogP contribution is 2.39. The van der Waals surface area contributed by atoms with Crippen LogP contribution in [0.5, 0.6) is 0 Å². The molecule has 1 saturated carbocycles. The van der Waals surface area contributed by atoms with E-state index in [1.54, 1.807) is 4.90 Å². The number of aryl methyl sites for hydroxylation is 1. The Balaban J connectivity index is 1.42. The minimum atomic E-state index is -0.213. The highest BCUT2D eigenvalue weighted by Gasteiger charge is 2.43. The lowest BCUT2D eigenvalue weighted by molar-refractivity contribution is -0.135. The van der Waals surface area contributed by atoms with Crippen LogP contribution in [0.25, 0.3) is 0 Å². The quantitative estimate of drug-likeness (QED) is 0.844. The molecule has 1 unspecified atom stereocenters. The molecule has 7 heteroatoms. The van der Waals surface area contributed by atoms with Crippen molar-refractivity contribution in [2.75, 3.05) is 24.5 Å². The van der Waals surface area contributed by atoms with Gasteiger partial charge in [-0.1, -0.05) is 24.7 Å². The van der Waals surface area contributed by atoms with Gasteiger partial charge in [-0.25, -0.2) is 0 Å². The summed E-state index contributed by atoms with van der Waals surface area (Å²) in [6.07, 6.45) is 4.96. The maximum Gasteiger partial charge on any atom is 0.229 e. The summed E-state index contributed by atoms with van der Waals surface area (Å²) in [6.45, 7) is 4.27. The first-order chi connectivity index (χ1) is 11.2. The van der Waals surface area contributed by atoms with Gasteiger partial charge < -0.3 is 4.90 Å². The van der Waals surface area contributed by atoms with Crippen molar-refractivity contribution in [1.29, 1.82) is 0 Å². The summed E-state index contributed by atoms with van der Waals surface area (Å²) in [6, 6.07) is 0. The molecule has 1 aromatic rings. The van der Waals surface area contributed by atoms with Crippen LogP contribution in [0, 0.1) is 17.8 Å². The fourth-order valence-corrected chi connectivity index (χ4v) is 5.03. The molecular weight excluding hydrogens is 312 g/mol. The molecule has 0 radical (unpaired) electrons. The molecule has 0 bridgehead atoms. The highest BCUT2D eigenvalue weighted by molar-refractivity contribution is 7.15. The average Bonchev–Trinajstić information content (AvgIpc) is 3.28. The van der Waals surface area contributed by atoms with Gasteiger partial charge in [-0.2, -0.15) is 0 Å². The van der Waals surface area contributed by atoms with E-state index in [4.69, 9.17) is 0 Å². The van der Waals surface area contributed by atoms with Gasteiger partial charge in [0.05, 0.1) is 5.92 Å². The van der Waals surface area contributed by atoms with E-state index >= 15 is 0 Å². The number of anilines is 1. The lowest BCUT2D eigenvalue weighted by Gasteiger charge is -2.21. The molecule has 4 rings (SSSR count). The molecular formula is C16H22N4O2S. The van der Waals surface area contributed by atoms with Crippen LogP contribution in [0.3, 0.4) is 0 Å². The van der Waals surface area contributed by atoms with E-state index in [0.29, 0.717) is 29.9 Å². The number of carbonyl (C=O) groups excluding carboxylic acids is 2. The first-order valence-electron chi connectivity index (χ1n) is 8.57. The first kappa shape index (κ1) is 15.1. The second-order valence-corrected chi connectivity index (χ2v) is 7.97. The third-order valence-electron chi connectivity index (χ3n) is 5.50. The van der Waals surface area contributed by atoms with E-state index in [9.17, 15) is 9.59 Å². The molecule has 3 aliphatic rings. The van der Waals surface area contributed by atoms with Crippen molar-refractivity contribution in [2.24, 2.45) is 17.8 Å². The van der Waals surface area contributed by atoms with E-state index in [2.05, 4.69) is 10.2 Å². The molecule has 0 N–H and O–H groups in total. The summed E-state index contributed by atoms with van der Waals surface area (Å²) in [7, 11) is 0. The SMILES string of the molecule is CCc1nnc(N2CC(C(=O)N3C[C@H]4CCC[C@H]4C3)CC2=O)s1. The standard InChI is InChI=1S/C16H22N4O2S/c1-2-13-17-18-16(23-13)20-9-12(6-14(20)21)15(22)19-7-10-4-3-5-11(10)8-19/h10-12H,2-9H2,1H3/t10-,11+,12?. The number of rotatable bonds is 3. The molecule has 124 valence electrons. The van der Waals surface area contributed by atoms with Crippen LogP contribution < -0.4 is 4.90 Å². The zero-order valence-corrected chi connectivity index (χ0v) is 14.2. The summed E-state index contributed by atoms with van der Waals surface area (Å²) in [5.41, 5.74) is 0. The second-order valence-electron chi connectivity index (χ2n) is 6.93. The minimum absolute atomic E-state index is 0.00143. The maximum atomic E-state index is 12.8. The number of nitrogens with zero attached hydrogens (tertiary/aromatic N) is 4. The Morgan fingerprint density at radius 3 is 2.61 bits per heavy atom. The summed E-state index contributed by atoms with van der Waals surface area (Å²) in [5, 5.41) is 9.75. The van der Waals surface area contributed by atoms with Crippen molar-refractivity contribution in [3.8, 4) is 0 Å². The van der Waals surface area contributed by atoms with Gasteiger partial charge >= 0.3 is 0 Å². The normalized spacial score (nSPS) is 30.3. The van der Waals surface area contributed by atoms with Gasteiger partial charge in [-0.05, 0) is 31.1 Å². The van der Waals surface area contributed by atoms with Crippen molar-refractivity contribution in [3.05, 3.63) is 5.01 Å². The van der Waals surface area contributed by atoms with Gasteiger partial charge in [-0.3, -0.25) is 14.5 Å². The van der Waals surface area contributed by atoms with Gasteiger partial charge in [0.15, 0.2) is 0 Å². The summed E-state index contributed by atoms with van der Waals surface area (Å²) < 4.78 is 0. The zero-order chi connectivity index (χ0) is 16.0. The number of aromatic nitrogens is 2. The van der Waals surface area contributed by atoms with Gasteiger partial charge in [-0.15, -0.1) is 10.2 Å². The fraction of sp³-hybridized carbons (Fsp3) is 0.750. The van der Waals surface area contributed by atoms with Gasteiger partial charge in [0, 0.05) is 26.1 Å². The largest absolute Gasteiger partial charge is 0.342 e. The molecule has 1 aromatic heterocycles. The van der Waals surface area contributed by atoms with Gasteiger partial charge in [0.1, 0.15) is 5.01 Å². The molecule has 6 nitrogen and oxygen atoms in total. The molecule has 2 aliphatic heterocycles. The van der Waals surface area contributed by atoms with Crippen LogP contribution in [0.15, 0.2) is 0 Å². The van der Waals surface area contributed by atoms with Crippen molar-refractivity contribution in [3.63, 3.8) is 0 Å². The van der Waals surface area contributed by atoms with Crippen LogP contribution in [0.4, 0.5) is 5.13 Å². The molecule has 2 amide bonds. The van der Waals surface area contributed by atoms with Crippen LogP contribution in [0.2, 0.25) is 0 Å². The average molecular weight is 334 g/mol. The fourth-order valence-electron chi connectivity index (χ4n) is 4.23. The number of hydrogen-bond donors (Lipinski definition) is 0. The Morgan fingerprint density at radius 1 is 1.22 bits per heavy atom. The Hall–Kier alpha value is -1.50. The molecule has 1 aliphatic carbocycles. The predicted molar refractivity (Wildman–Crippen MR) is 87.2 cm³/mol. The number of amides is 2. The van der Waals surface area contributed by atoms with E-state index < -0.39 is 0 Å². The van der Waals surface area contributed by atoms with Crippen LogP contribution in [-0.4, -0.2) is 46.5 Å². The Kier molecular flexibility index (Phi) is 3.83. The molecule has 23 heavy (non-hydrogen) atoms. The summed E-state index contributed by atoms with van der Waals surface area (Å²) >= 11 is 1.45. The molecule has 3 fully saturated rings. The maximum absolute atomic E-state index is 12.8. The zero-order valence-electron chi connectivity index (χ0n) is 13.4. The van der Waals surface area contributed by atoms with Gasteiger partial charge in [0.2, 0.25) is 16.9 Å². The molecule has 3 heterocycles. The Bertz CT molecular complexity index is 619. The van der Waals surface area contributed by atoms with Gasteiger partial charge in [0.25, 0.3) is 0 Å². The minimum Gasteiger partial charge on any atom is -0.342 e. The highest BCUT2D eigenvalue weighted by atomic mass is 32.1. The second kappa shape index (κ2) is 5.85. The summed E-state index contributed by atoms with van der Waals surface area (Å²) in [5.74, 6) is 1.34. The smallest absolute Gasteiger partial charge is 0.229 e. The van der Waals surface area contributed by atoms with Crippen molar-refractivity contribution >= 4 is 28.3 Å². The van der Waals surface area contributed by atoms with Crippen molar-refractivity contribution in [2.45, 2.75) is 39.0 Å². The van der Waals surface area contributed by atoms with Crippen molar-refractivity contribution < 1.29 is 9.59 Å². The van der Waals surface area contributed by atoms with Crippen LogP contribution >= 0.6 is 11.3 Å². The predicted octanol–water partition coefficient (Wildman–Crippen LogP) is 1.71. The monoisotopic (exact) mass is 334 g/mol. The molecule has 3 atom stereocenters. The number of likely N-dealkylation sites (tertiary alicyclic amines) is 1. The molecule has 0 aromatic carbocycles. The Morgan fingerprint density at radius 2 is 1.96 bits per heavy atom. The topological polar surface area (TPSA) is 66.4 Å². The van der Waals surface area contributed by atoms with Crippen LogP contribution in [0.1, 0.15) is 37.6 Å². The van der Waals surface area contributed by atoms with E-state index in [1.807, 2.05) is 11.8 Å². The number of hydrogen-bond acceptors (Lipinski definition) is 5. The van der Waals surface area contributed by atoms with Crippen LogP contribution in [-0.2, 0) is 16.0 Å². The first-order valence-corrected chi connectivity index (χ1v) is 9.39. The third-order valence-corrected chi connectivity index (χ3v) is 6.59. The third kappa shape index (κ3) is 2.65. The lowest BCUT2D eigenvalue weighted by atomic mass is 10.0. The summed E-state index contributed by atoms with van der Waals surface area (Å²) in [4.78, 5) is 28.7. The van der Waals surface area contributed by atoms with E-state index in [0.717, 1.165) is 24.5 Å². The Labute approximate surface area is 139 Å².